The van der Waals surface area contributed by atoms with E-state index in [4.69, 9.17) is 16.2 Å². The number of fused-ring (bicyclic) bond motifs is 4. The van der Waals surface area contributed by atoms with E-state index in [0.29, 0.717) is 6.42 Å². The van der Waals surface area contributed by atoms with Gasteiger partial charge in [0.05, 0.1) is 5.75 Å². The molecule has 0 amide bonds. The highest BCUT2D eigenvalue weighted by Crippen LogP contribution is 2.47. The molecule has 6 heteroatoms. The number of halogens is 2. The summed E-state index contributed by atoms with van der Waals surface area (Å²) in [4.78, 5) is 0. The minimum atomic E-state index is -3.72. The highest BCUT2D eigenvalue weighted by molar-refractivity contribution is 14.0. The summed E-state index contributed by atoms with van der Waals surface area (Å²) >= 11 is 5.92. The van der Waals surface area contributed by atoms with Crippen molar-refractivity contribution in [3.05, 3.63) is 47.5 Å². The Hall–Kier alpha value is -0.630. The SMILES string of the molecule is CCCCCCCCS(=O)(=O)O.Clc1ccc2c(c1)-c1ccccc1-2.I. The zero-order chi connectivity index (χ0) is 18.3. The van der Waals surface area contributed by atoms with E-state index in [1.54, 1.807) is 0 Å². The molecule has 1 aliphatic carbocycles. The van der Waals surface area contributed by atoms with Crippen molar-refractivity contribution < 1.29 is 13.0 Å². The maximum Gasteiger partial charge on any atom is 0.264 e. The molecule has 0 heterocycles. The molecule has 1 N–H and O–H groups in total. The maximum atomic E-state index is 10.3. The van der Waals surface area contributed by atoms with Gasteiger partial charge >= 0.3 is 0 Å². The smallest absolute Gasteiger partial charge is 0.264 e. The van der Waals surface area contributed by atoms with Crippen molar-refractivity contribution in [3.8, 4) is 22.3 Å². The first-order valence-electron chi connectivity index (χ1n) is 8.77. The van der Waals surface area contributed by atoms with Crippen LogP contribution in [-0.4, -0.2) is 18.7 Å². The maximum absolute atomic E-state index is 10.3. The van der Waals surface area contributed by atoms with E-state index in [2.05, 4.69) is 37.3 Å². The molecule has 2 aromatic carbocycles. The van der Waals surface area contributed by atoms with Gasteiger partial charge in [-0.05, 0) is 40.8 Å². The van der Waals surface area contributed by atoms with Crippen molar-refractivity contribution >= 4 is 45.7 Å². The Kier molecular flexibility index (Phi) is 10.1. The normalized spacial score (nSPS) is 11.2. The van der Waals surface area contributed by atoms with Crippen molar-refractivity contribution in [1.82, 2.24) is 0 Å². The van der Waals surface area contributed by atoms with E-state index < -0.39 is 10.1 Å². The van der Waals surface area contributed by atoms with Crippen molar-refractivity contribution in [2.45, 2.75) is 45.4 Å². The Morgan fingerprint density at radius 1 is 0.846 bits per heavy atom. The van der Waals surface area contributed by atoms with Gasteiger partial charge in [-0.25, -0.2) is 0 Å². The predicted molar refractivity (Wildman–Crippen MR) is 121 cm³/mol. The van der Waals surface area contributed by atoms with Crippen LogP contribution >= 0.6 is 35.6 Å². The van der Waals surface area contributed by atoms with Gasteiger partial charge in [0.15, 0.2) is 0 Å². The average molecular weight is 509 g/mol. The van der Waals surface area contributed by atoms with Gasteiger partial charge in [-0.15, -0.1) is 24.0 Å². The van der Waals surface area contributed by atoms with Crippen molar-refractivity contribution in [2.24, 2.45) is 0 Å². The van der Waals surface area contributed by atoms with E-state index in [1.807, 2.05) is 12.1 Å². The summed E-state index contributed by atoms with van der Waals surface area (Å²) < 4.78 is 28.9. The molecule has 3 rings (SSSR count). The molecule has 26 heavy (non-hydrogen) atoms. The Morgan fingerprint density at radius 2 is 1.38 bits per heavy atom. The predicted octanol–water partition coefficient (Wildman–Crippen LogP) is 6.84. The minimum Gasteiger partial charge on any atom is -0.286 e. The molecule has 0 saturated heterocycles. The van der Waals surface area contributed by atoms with Crippen LogP contribution in [0.25, 0.3) is 22.3 Å². The van der Waals surface area contributed by atoms with Gasteiger partial charge in [-0.1, -0.05) is 81.0 Å². The molecular formula is C20H26ClIO3S. The quantitative estimate of drug-likeness (QED) is 0.216. The lowest BCUT2D eigenvalue weighted by Gasteiger charge is -2.23. The molecule has 2 aromatic rings. The minimum absolute atomic E-state index is 0. The number of rotatable bonds is 7. The van der Waals surface area contributed by atoms with Crippen LogP contribution in [0.2, 0.25) is 5.02 Å². The van der Waals surface area contributed by atoms with Gasteiger partial charge in [0, 0.05) is 5.02 Å². The Morgan fingerprint density at radius 3 is 2.00 bits per heavy atom. The molecule has 0 atom stereocenters. The standard InChI is InChI=1S/C12H7Cl.C8H18O3S.HI/c13-8-5-6-11-9-3-1-2-4-10(9)12(11)7-8;1-2-3-4-5-6-7-8-12(9,10)11;/h1-7H;2-8H2,1H3,(H,9,10,11);1H. The fourth-order valence-corrected chi connectivity index (χ4v) is 3.67. The zero-order valence-corrected chi connectivity index (χ0v) is 18.9. The van der Waals surface area contributed by atoms with E-state index >= 15 is 0 Å². The van der Waals surface area contributed by atoms with Gasteiger partial charge in [0.2, 0.25) is 0 Å². The third kappa shape index (κ3) is 7.18. The van der Waals surface area contributed by atoms with Crippen LogP contribution < -0.4 is 0 Å². The van der Waals surface area contributed by atoms with Crippen LogP contribution in [0.3, 0.4) is 0 Å². The second-order valence-electron chi connectivity index (χ2n) is 6.29. The van der Waals surface area contributed by atoms with E-state index in [9.17, 15) is 8.42 Å². The average Bonchev–Trinajstić information content (AvgIpc) is 2.56. The molecule has 0 aliphatic heterocycles. The summed E-state index contributed by atoms with van der Waals surface area (Å²) in [7, 11) is -3.72. The first kappa shape index (κ1) is 23.4. The largest absolute Gasteiger partial charge is 0.286 e. The molecule has 0 spiro atoms. The van der Waals surface area contributed by atoms with E-state index in [0.717, 1.165) is 17.9 Å². The van der Waals surface area contributed by atoms with Gasteiger partial charge in [0.1, 0.15) is 0 Å². The molecule has 3 nitrogen and oxygen atoms in total. The molecule has 144 valence electrons. The Bertz CT molecular complexity index is 806. The molecule has 0 radical (unpaired) electrons. The Balaban J connectivity index is 0.000000252. The third-order valence-corrected chi connectivity index (χ3v) is 5.28. The van der Waals surface area contributed by atoms with Crippen LogP contribution in [0.5, 0.6) is 0 Å². The summed E-state index contributed by atoms with van der Waals surface area (Å²) in [6.07, 6.45) is 6.14. The summed E-state index contributed by atoms with van der Waals surface area (Å²) in [5.41, 5.74) is 5.26. The lowest BCUT2D eigenvalue weighted by molar-refractivity contribution is 0.478. The lowest BCUT2D eigenvalue weighted by atomic mass is 9.81. The van der Waals surface area contributed by atoms with E-state index in [-0.39, 0.29) is 29.7 Å². The molecule has 0 saturated carbocycles. The van der Waals surface area contributed by atoms with Crippen LogP contribution in [0, 0.1) is 0 Å². The summed E-state index contributed by atoms with van der Waals surface area (Å²) in [6, 6.07) is 14.5. The molecule has 0 bridgehead atoms. The topological polar surface area (TPSA) is 54.4 Å². The fourth-order valence-electron chi connectivity index (χ4n) is 2.93. The van der Waals surface area contributed by atoms with Gasteiger partial charge in [-0.2, -0.15) is 8.42 Å². The molecular weight excluding hydrogens is 483 g/mol. The third-order valence-electron chi connectivity index (χ3n) is 4.24. The van der Waals surface area contributed by atoms with Crippen LogP contribution in [-0.2, 0) is 10.1 Å². The first-order chi connectivity index (χ1) is 11.9. The van der Waals surface area contributed by atoms with Crippen molar-refractivity contribution in [3.63, 3.8) is 0 Å². The monoisotopic (exact) mass is 508 g/mol. The second kappa shape index (κ2) is 11.3. The van der Waals surface area contributed by atoms with Crippen LogP contribution in [0.15, 0.2) is 42.5 Å². The first-order valence-corrected chi connectivity index (χ1v) is 10.8. The van der Waals surface area contributed by atoms with Gasteiger partial charge in [-0.3, -0.25) is 4.55 Å². The van der Waals surface area contributed by atoms with Crippen LogP contribution in [0.1, 0.15) is 45.4 Å². The van der Waals surface area contributed by atoms with Crippen molar-refractivity contribution in [1.29, 1.82) is 0 Å². The highest BCUT2D eigenvalue weighted by atomic mass is 127. The lowest BCUT2D eigenvalue weighted by Crippen LogP contribution is -2.03. The molecule has 1 aliphatic rings. The second-order valence-corrected chi connectivity index (χ2v) is 8.30. The molecule has 0 aromatic heterocycles. The highest BCUT2D eigenvalue weighted by Gasteiger charge is 2.20. The van der Waals surface area contributed by atoms with E-state index in [1.165, 1.54) is 41.5 Å². The number of unbranched alkanes of at least 4 members (excludes halogenated alkanes) is 5. The number of benzene rings is 2. The van der Waals surface area contributed by atoms with Gasteiger partial charge < -0.3 is 0 Å². The van der Waals surface area contributed by atoms with Crippen molar-refractivity contribution in [2.75, 3.05) is 5.75 Å². The van der Waals surface area contributed by atoms with Gasteiger partial charge in [0.25, 0.3) is 10.1 Å². The summed E-state index contributed by atoms with van der Waals surface area (Å²) in [5.74, 6) is -0.0842. The summed E-state index contributed by atoms with van der Waals surface area (Å²) in [6.45, 7) is 2.14. The zero-order valence-electron chi connectivity index (χ0n) is 14.9. The summed E-state index contributed by atoms with van der Waals surface area (Å²) in [5, 5.41) is 0.813. The fraction of sp³-hybridized carbons (Fsp3) is 0.400. The van der Waals surface area contributed by atoms with Crippen LogP contribution in [0.4, 0.5) is 0 Å². The molecule has 0 unspecified atom stereocenters. The number of hydrogen-bond donors (Lipinski definition) is 1. The molecule has 0 fully saturated rings. The Labute approximate surface area is 178 Å². The number of hydrogen-bond acceptors (Lipinski definition) is 2.